The van der Waals surface area contributed by atoms with Crippen molar-refractivity contribution in [1.82, 2.24) is 19.9 Å². The third kappa shape index (κ3) is 4.85. The van der Waals surface area contributed by atoms with Gasteiger partial charge < -0.3 is 19.9 Å². The minimum absolute atomic E-state index is 1.04. The van der Waals surface area contributed by atoms with Gasteiger partial charge in [-0.05, 0) is 87.6 Å². The van der Waals surface area contributed by atoms with E-state index in [1.807, 2.05) is 0 Å². The van der Waals surface area contributed by atoms with E-state index >= 15 is 0 Å². The predicted molar refractivity (Wildman–Crippen MR) is 192 cm³/mol. The number of aromatic amines is 4. The van der Waals surface area contributed by atoms with Crippen molar-refractivity contribution in [2.75, 3.05) is 0 Å². The minimum atomic E-state index is 1.04. The molecule has 0 atom stereocenters. The molecule has 6 heterocycles. The van der Waals surface area contributed by atoms with Crippen molar-refractivity contribution in [3.63, 3.8) is 0 Å². The Morgan fingerprint density at radius 2 is 0.638 bits per heavy atom. The molecular weight excluding hydrogens is 593 g/mol. The van der Waals surface area contributed by atoms with Gasteiger partial charge in [0, 0.05) is 66.5 Å². The molecule has 9 rings (SSSR count). The minimum Gasteiger partial charge on any atom is -0.354 e. The number of rotatable bonds is 4. The van der Waals surface area contributed by atoms with Gasteiger partial charge in [0.1, 0.15) is 0 Å². The zero-order chi connectivity index (χ0) is 31.2. The van der Waals surface area contributed by atoms with Crippen LogP contribution >= 0.6 is 11.3 Å². The lowest BCUT2D eigenvalue weighted by Crippen LogP contribution is -2.19. The smallest absolute Gasteiger partial charge is 0.0486 e. The molecule has 0 saturated heterocycles. The second-order valence-corrected chi connectivity index (χ2v) is 12.5. The first-order valence-corrected chi connectivity index (χ1v) is 16.7. The van der Waals surface area contributed by atoms with Crippen LogP contribution in [0.4, 0.5) is 0 Å². The van der Waals surface area contributed by atoms with Crippen LogP contribution in [0.25, 0.3) is 22.3 Å². The van der Waals surface area contributed by atoms with Crippen LogP contribution in [0.15, 0.2) is 156 Å². The van der Waals surface area contributed by atoms with Crippen LogP contribution in [-0.2, 0) is 0 Å². The van der Waals surface area contributed by atoms with Crippen molar-refractivity contribution in [3.8, 4) is 0 Å². The van der Waals surface area contributed by atoms with E-state index in [2.05, 4.69) is 176 Å². The average Bonchev–Trinajstić information content (AvgIpc) is 3.97. The highest BCUT2D eigenvalue weighted by molar-refractivity contribution is 7.08. The number of H-pyrrole nitrogens is 4. The summed E-state index contributed by atoms with van der Waals surface area (Å²) in [6.07, 6.45) is 0. The summed E-state index contributed by atoms with van der Waals surface area (Å²) < 4.78 is 0. The molecule has 0 amide bonds. The van der Waals surface area contributed by atoms with Crippen LogP contribution in [0.1, 0.15) is 45.0 Å². The number of hydrogen-bond acceptors (Lipinski definition) is 1. The number of thiophene rings is 1. The van der Waals surface area contributed by atoms with E-state index < -0.39 is 0 Å². The number of aromatic nitrogens is 4. The third-order valence-corrected chi connectivity index (χ3v) is 9.58. The van der Waals surface area contributed by atoms with E-state index in [1.165, 1.54) is 5.56 Å². The van der Waals surface area contributed by atoms with Crippen LogP contribution in [0.5, 0.6) is 0 Å². The molecular formula is C42H30N4S. The normalized spacial score (nSPS) is 12.9. The molecule has 0 saturated carbocycles. The Kier molecular flexibility index (Phi) is 6.61. The van der Waals surface area contributed by atoms with Gasteiger partial charge in [0.15, 0.2) is 0 Å². The van der Waals surface area contributed by atoms with Gasteiger partial charge in [-0.2, -0.15) is 11.3 Å². The molecule has 8 bridgehead atoms. The fourth-order valence-electron chi connectivity index (χ4n) is 6.79. The Labute approximate surface area is 275 Å². The maximum atomic E-state index is 3.84. The molecule has 47 heavy (non-hydrogen) atoms. The van der Waals surface area contributed by atoms with Crippen LogP contribution in [-0.4, -0.2) is 19.9 Å². The van der Waals surface area contributed by atoms with Crippen molar-refractivity contribution in [1.29, 1.82) is 0 Å². The molecule has 5 heteroatoms. The topological polar surface area (TPSA) is 63.2 Å². The standard InChI is InChI=1S/C42H30N4S/c1-4-10-27(11-5-1)39-31-16-18-33(43-31)40(28-12-6-2-7-13-28)35-20-22-37(45-35)42(30-24-25-47-26-30)38-23-21-36(46-38)41(29-14-8-3-9-15-29)34-19-17-32(39)44-34/h1-26,43-46H. The molecule has 1 aliphatic rings. The molecule has 0 radical (unpaired) electrons. The maximum absolute atomic E-state index is 3.84. The van der Waals surface area contributed by atoms with Gasteiger partial charge in [-0.25, -0.2) is 0 Å². The highest BCUT2D eigenvalue weighted by atomic mass is 32.1. The van der Waals surface area contributed by atoms with Gasteiger partial charge >= 0.3 is 0 Å². The summed E-state index contributed by atoms with van der Waals surface area (Å²) in [5, 5.41) is 8.54. The Morgan fingerprint density at radius 1 is 0.298 bits per heavy atom. The van der Waals surface area contributed by atoms with Crippen LogP contribution in [0.2, 0.25) is 0 Å². The summed E-state index contributed by atoms with van der Waals surface area (Å²) in [7, 11) is 0. The van der Waals surface area contributed by atoms with Crippen molar-refractivity contribution in [2.24, 2.45) is 0 Å². The average molecular weight is 623 g/mol. The fourth-order valence-corrected chi connectivity index (χ4v) is 7.44. The van der Waals surface area contributed by atoms with Crippen molar-refractivity contribution < 1.29 is 0 Å². The lowest BCUT2D eigenvalue weighted by molar-refractivity contribution is 1.19. The van der Waals surface area contributed by atoms with Gasteiger partial charge in [-0.3, -0.25) is 0 Å². The second-order valence-electron chi connectivity index (χ2n) is 11.8. The molecule has 224 valence electrons. The van der Waals surface area contributed by atoms with E-state index in [1.54, 1.807) is 11.3 Å². The Morgan fingerprint density at radius 3 is 0.957 bits per heavy atom. The summed E-state index contributed by atoms with van der Waals surface area (Å²) in [6.45, 7) is 0. The zero-order valence-corrected chi connectivity index (χ0v) is 26.2. The summed E-state index contributed by atoms with van der Waals surface area (Å²) >= 11 is 1.71. The summed E-state index contributed by atoms with van der Waals surface area (Å²) in [5.41, 5.74) is 13.3. The molecule has 0 aliphatic carbocycles. The quantitative estimate of drug-likeness (QED) is 0.177. The van der Waals surface area contributed by atoms with Crippen LogP contribution in [0.3, 0.4) is 0 Å². The first-order chi connectivity index (χ1) is 23.3. The van der Waals surface area contributed by atoms with Gasteiger partial charge in [0.05, 0.1) is 0 Å². The van der Waals surface area contributed by atoms with Gasteiger partial charge in [0.2, 0.25) is 0 Å². The Hall–Kier alpha value is -6.04. The van der Waals surface area contributed by atoms with E-state index in [0.29, 0.717) is 0 Å². The molecule has 3 aromatic carbocycles. The van der Waals surface area contributed by atoms with E-state index in [-0.39, 0.29) is 0 Å². The highest BCUT2D eigenvalue weighted by Gasteiger charge is 2.18. The van der Waals surface area contributed by atoms with Crippen molar-refractivity contribution in [3.05, 3.63) is 223 Å². The molecule has 0 spiro atoms. The molecule has 5 aromatic heterocycles. The Balaban J connectivity index is 1.44. The number of nitrogens with one attached hydrogen (secondary N) is 4. The lowest BCUT2D eigenvalue weighted by Gasteiger charge is -2.09. The molecule has 0 fully saturated rings. The van der Waals surface area contributed by atoms with E-state index in [9.17, 15) is 0 Å². The molecule has 4 N–H and O–H groups in total. The number of benzene rings is 3. The zero-order valence-electron chi connectivity index (χ0n) is 25.4. The lowest BCUT2D eigenvalue weighted by atomic mass is 10.0. The molecule has 0 unspecified atom stereocenters. The van der Waals surface area contributed by atoms with Gasteiger partial charge in [-0.1, -0.05) is 91.0 Å². The second kappa shape index (κ2) is 11.4. The number of hydrogen-bond donors (Lipinski definition) is 4. The summed E-state index contributed by atoms with van der Waals surface area (Å²) in [4.78, 5) is 15.4. The van der Waals surface area contributed by atoms with Crippen LogP contribution in [0, 0.1) is 0 Å². The molecule has 8 aromatic rings. The molecule has 4 nitrogen and oxygen atoms in total. The monoisotopic (exact) mass is 622 g/mol. The Bertz CT molecular complexity index is 2600. The maximum Gasteiger partial charge on any atom is 0.0486 e. The predicted octanol–water partition coefficient (Wildman–Crippen LogP) is 6.36. The fraction of sp³-hybridized carbons (Fsp3) is 0. The van der Waals surface area contributed by atoms with E-state index in [4.69, 9.17) is 0 Å². The highest BCUT2D eigenvalue weighted by Crippen LogP contribution is 2.28. The number of fused-ring (bicyclic) bond motifs is 8. The van der Waals surface area contributed by atoms with Gasteiger partial charge in [-0.15, -0.1) is 0 Å². The van der Waals surface area contributed by atoms with Crippen molar-refractivity contribution >= 4 is 33.6 Å². The third-order valence-electron chi connectivity index (χ3n) is 8.90. The first-order valence-electron chi connectivity index (χ1n) is 15.8. The first kappa shape index (κ1) is 27.3. The van der Waals surface area contributed by atoms with Gasteiger partial charge in [0.25, 0.3) is 0 Å². The van der Waals surface area contributed by atoms with Crippen molar-refractivity contribution in [2.45, 2.75) is 0 Å². The summed E-state index contributed by atoms with van der Waals surface area (Å²) in [6, 6.07) is 51.6. The largest absolute Gasteiger partial charge is 0.354 e. The molecule has 1 aliphatic heterocycles. The van der Waals surface area contributed by atoms with Crippen LogP contribution < -0.4 is 21.4 Å². The van der Waals surface area contributed by atoms with E-state index in [0.717, 1.165) is 83.2 Å². The summed E-state index contributed by atoms with van der Waals surface area (Å²) in [5.74, 6) is 0. The SMILES string of the molecule is c1ccc(C2=c3ccc([nH]3)=C(c3ccccc3)c3ccc([nH]3)C(c3ccsc3)=c3ccc([nH]3)=C(c3ccccc3)c3ccc2[nH]3)cc1.